The van der Waals surface area contributed by atoms with Crippen LogP contribution in [0.25, 0.3) is 5.76 Å². The van der Waals surface area contributed by atoms with Gasteiger partial charge in [0.2, 0.25) is 0 Å². The van der Waals surface area contributed by atoms with Crippen molar-refractivity contribution < 1.29 is 24.2 Å². The van der Waals surface area contributed by atoms with Crippen molar-refractivity contribution in [2.24, 2.45) is 0 Å². The molecule has 7 heteroatoms. The van der Waals surface area contributed by atoms with Gasteiger partial charge in [-0.2, -0.15) is 0 Å². The van der Waals surface area contributed by atoms with E-state index in [1.165, 1.54) is 0 Å². The summed E-state index contributed by atoms with van der Waals surface area (Å²) in [5.41, 5.74) is 1.16. The summed E-state index contributed by atoms with van der Waals surface area (Å²) in [5.74, 6) is -0.322. The lowest BCUT2D eigenvalue weighted by molar-refractivity contribution is -0.140. The number of carbonyl (C=O) groups is 2. The Balaban J connectivity index is 2.09. The van der Waals surface area contributed by atoms with Gasteiger partial charge in [0.1, 0.15) is 17.3 Å². The number of aliphatic hydroxyl groups excluding tert-OH is 1. The highest BCUT2D eigenvalue weighted by Gasteiger charge is 2.46. The summed E-state index contributed by atoms with van der Waals surface area (Å²) in [6.07, 6.45) is 0.0149. The molecular formula is C27H34N2O5. The van der Waals surface area contributed by atoms with E-state index in [2.05, 4.69) is 18.7 Å². The molecule has 1 saturated heterocycles. The minimum atomic E-state index is -0.752. The zero-order chi connectivity index (χ0) is 24.8. The molecule has 1 amide bonds. The predicted molar refractivity (Wildman–Crippen MR) is 132 cm³/mol. The Morgan fingerprint density at radius 2 is 1.71 bits per heavy atom. The van der Waals surface area contributed by atoms with Gasteiger partial charge in [0, 0.05) is 24.2 Å². The molecule has 1 heterocycles. The Kier molecular flexibility index (Phi) is 8.34. The molecule has 2 aromatic rings. The molecule has 0 bridgehead atoms. The van der Waals surface area contributed by atoms with Crippen molar-refractivity contribution in [2.75, 3.05) is 33.3 Å². The van der Waals surface area contributed by atoms with E-state index in [1.54, 1.807) is 42.3 Å². The van der Waals surface area contributed by atoms with Crippen LogP contribution < -0.4 is 9.47 Å². The number of likely N-dealkylation sites (tertiary alicyclic amines) is 1. The van der Waals surface area contributed by atoms with Crippen molar-refractivity contribution in [2.45, 2.75) is 39.8 Å². The fourth-order valence-electron chi connectivity index (χ4n) is 4.23. The third kappa shape index (κ3) is 5.25. The molecule has 0 aromatic heterocycles. The first kappa shape index (κ1) is 25.3. The number of rotatable bonds is 10. The van der Waals surface area contributed by atoms with Crippen LogP contribution in [0.15, 0.2) is 54.1 Å². The molecule has 1 aliphatic rings. The van der Waals surface area contributed by atoms with Gasteiger partial charge in [-0.15, -0.1) is 0 Å². The zero-order valence-electron chi connectivity index (χ0n) is 20.6. The van der Waals surface area contributed by atoms with Crippen molar-refractivity contribution in [1.82, 2.24) is 9.80 Å². The van der Waals surface area contributed by atoms with E-state index in [0.29, 0.717) is 35.7 Å². The van der Waals surface area contributed by atoms with Crippen LogP contribution in [-0.4, -0.2) is 66.0 Å². The molecule has 1 fully saturated rings. The van der Waals surface area contributed by atoms with Crippen molar-refractivity contribution in [3.8, 4) is 11.5 Å². The van der Waals surface area contributed by atoms with Crippen LogP contribution in [0.1, 0.15) is 44.9 Å². The number of benzene rings is 2. The van der Waals surface area contributed by atoms with Gasteiger partial charge < -0.3 is 24.4 Å². The Labute approximate surface area is 201 Å². The molecule has 1 unspecified atom stereocenters. The number of nitrogens with zero attached hydrogens (tertiary/aromatic N) is 2. The van der Waals surface area contributed by atoms with Crippen LogP contribution in [0.4, 0.5) is 0 Å². The molecule has 0 spiro atoms. The number of ether oxygens (including phenoxy) is 2. The van der Waals surface area contributed by atoms with Gasteiger partial charge in [-0.05, 0) is 57.3 Å². The lowest BCUT2D eigenvalue weighted by Crippen LogP contribution is -2.38. The summed E-state index contributed by atoms with van der Waals surface area (Å²) in [7, 11) is 1.55. The van der Waals surface area contributed by atoms with E-state index in [9.17, 15) is 14.7 Å². The Morgan fingerprint density at radius 1 is 1.06 bits per heavy atom. The Hall–Kier alpha value is -3.32. The quantitative estimate of drug-likeness (QED) is 0.320. The largest absolute Gasteiger partial charge is 0.507 e. The maximum Gasteiger partial charge on any atom is 0.295 e. The first-order valence-corrected chi connectivity index (χ1v) is 11.7. The fourth-order valence-corrected chi connectivity index (χ4v) is 4.23. The molecule has 34 heavy (non-hydrogen) atoms. The lowest BCUT2D eigenvalue weighted by atomic mass is 9.94. The topological polar surface area (TPSA) is 79.3 Å². The summed E-state index contributed by atoms with van der Waals surface area (Å²) in [5, 5.41) is 11.3. The lowest BCUT2D eigenvalue weighted by Gasteiger charge is -2.29. The van der Waals surface area contributed by atoms with Crippen molar-refractivity contribution in [3.63, 3.8) is 0 Å². The third-order valence-corrected chi connectivity index (χ3v) is 6.02. The van der Waals surface area contributed by atoms with E-state index in [4.69, 9.17) is 9.47 Å². The Morgan fingerprint density at radius 3 is 2.29 bits per heavy atom. The second-order valence-corrected chi connectivity index (χ2v) is 8.45. The number of Topliss-reactive ketones (excluding diaryl/α,β-unsaturated/α-hetero) is 1. The van der Waals surface area contributed by atoms with E-state index >= 15 is 0 Å². The molecule has 1 N–H and O–H groups in total. The standard InChI is InChI=1S/C27H34N2O5/c1-6-28(7-2)16-17-29-24(21-10-8-9-11-22(21)33-5)23(26(31)27(29)32)25(30)19-12-14-20(15-13-19)34-18(3)4/h8-15,18,24,30H,6-7,16-17H2,1-5H3/b25-23-. The fraction of sp³-hybridized carbons (Fsp3) is 0.407. The number of likely N-dealkylation sites (N-methyl/N-ethyl adjacent to an activating group) is 1. The molecule has 1 aliphatic heterocycles. The van der Waals surface area contributed by atoms with E-state index < -0.39 is 17.7 Å². The van der Waals surface area contributed by atoms with Crippen LogP contribution in [0.2, 0.25) is 0 Å². The average Bonchev–Trinajstić information content (AvgIpc) is 3.09. The highest BCUT2D eigenvalue weighted by atomic mass is 16.5. The number of hydrogen-bond acceptors (Lipinski definition) is 6. The van der Waals surface area contributed by atoms with Gasteiger partial charge in [0.15, 0.2) is 0 Å². The van der Waals surface area contributed by atoms with Gasteiger partial charge in [0.05, 0.1) is 24.8 Å². The van der Waals surface area contributed by atoms with Gasteiger partial charge in [-0.25, -0.2) is 0 Å². The SMILES string of the molecule is CCN(CC)CCN1C(=O)C(=O)/C(=C(\O)c2ccc(OC(C)C)cc2)C1c1ccccc1OC. The van der Waals surface area contributed by atoms with Crippen LogP contribution in [0.5, 0.6) is 11.5 Å². The number of ketones is 1. The number of amides is 1. The van der Waals surface area contributed by atoms with Gasteiger partial charge in [-0.1, -0.05) is 32.0 Å². The first-order chi connectivity index (χ1) is 16.3. The van der Waals surface area contributed by atoms with E-state index in [0.717, 1.165) is 13.1 Å². The molecule has 3 rings (SSSR count). The predicted octanol–water partition coefficient (Wildman–Crippen LogP) is 4.25. The van der Waals surface area contributed by atoms with Crippen molar-refractivity contribution in [1.29, 1.82) is 0 Å². The first-order valence-electron chi connectivity index (χ1n) is 11.7. The molecular weight excluding hydrogens is 432 g/mol. The molecule has 2 aromatic carbocycles. The number of para-hydroxylation sites is 1. The molecule has 0 saturated carbocycles. The zero-order valence-corrected chi connectivity index (χ0v) is 20.6. The molecule has 0 radical (unpaired) electrons. The van der Waals surface area contributed by atoms with Crippen LogP contribution >= 0.6 is 0 Å². The summed E-state index contributed by atoms with van der Waals surface area (Å²) < 4.78 is 11.2. The van der Waals surface area contributed by atoms with E-state index in [-0.39, 0.29) is 17.4 Å². The summed E-state index contributed by atoms with van der Waals surface area (Å²) in [6, 6.07) is 13.4. The highest BCUT2D eigenvalue weighted by molar-refractivity contribution is 6.46. The van der Waals surface area contributed by atoms with Crippen LogP contribution in [0, 0.1) is 0 Å². The van der Waals surface area contributed by atoms with Crippen molar-refractivity contribution >= 4 is 17.4 Å². The normalized spacial score (nSPS) is 17.6. The second kappa shape index (κ2) is 11.2. The van der Waals surface area contributed by atoms with Gasteiger partial charge in [-0.3, -0.25) is 9.59 Å². The maximum absolute atomic E-state index is 13.2. The number of aliphatic hydroxyl groups is 1. The Bertz CT molecular complexity index is 1040. The molecule has 7 nitrogen and oxygen atoms in total. The highest BCUT2D eigenvalue weighted by Crippen LogP contribution is 2.42. The van der Waals surface area contributed by atoms with Crippen molar-refractivity contribution in [3.05, 3.63) is 65.2 Å². The number of carbonyl (C=O) groups excluding carboxylic acids is 2. The summed E-state index contributed by atoms with van der Waals surface area (Å²) in [4.78, 5) is 30.1. The molecule has 182 valence electrons. The maximum atomic E-state index is 13.2. The van der Waals surface area contributed by atoms with Crippen LogP contribution in [0.3, 0.4) is 0 Å². The smallest absolute Gasteiger partial charge is 0.295 e. The minimum absolute atomic E-state index is 0.0149. The second-order valence-electron chi connectivity index (χ2n) is 8.45. The van der Waals surface area contributed by atoms with Gasteiger partial charge >= 0.3 is 0 Å². The minimum Gasteiger partial charge on any atom is -0.507 e. The third-order valence-electron chi connectivity index (χ3n) is 6.02. The van der Waals surface area contributed by atoms with E-state index in [1.807, 2.05) is 32.0 Å². The van der Waals surface area contributed by atoms with Gasteiger partial charge in [0.25, 0.3) is 11.7 Å². The monoisotopic (exact) mass is 466 g/mol. The summed E-state index contributed by atoms with van der Waals surface area (Å²) >= 11 is 0. The number of methoxy groups -OCH3 is 1. The molecule has 0 aliphatic carbocycles. The average molecular weight is 467 g/mol. The molecule has 1 atom stereocenters. The van der Waals surface area contributed by atoms with Crippen LogP contribution in [-0.2, 0) is 9.59 Å². The number of hydrogen-bond donors (Lipinski definition) is 1. The summed E-state index contributed by atoms with van der Waals surface area (Å²) in [6.45, 7) is 10.6.